The molecule has 0 saturated heterocycles. The molecule has 0 fully saturated rings. The maximum atomic E-state index is 12.7. The maximum Gasteiger partial charge on any atom is 0.177 e. The summed E-state index contributed by atoms with van der Waals surface area (Å²) >= 11 is 0. The summed E-state index contributed by atoms with van der Waals surface area (Å²) in [5, 5.41) is 8.32. The van der Waals surface area contributed by atoms with Crippen molar-refractivity contribution in [2.75, 3.05) is 0 Å². The van der Waals surface area contributed by atoms with Crippen LogP contribution in [0.15, 0.2) is 6.07 Å². The van der Waals surface area contributed by atoms with E-state index in [0.29, 0.717) is 6.07 Å². The Labute approximate surface area is 67.1 Å². The summed E-state index contributed by atoms with van der Waals surface area (Å²) in [4.78, 5) is 0. The molecule has 0 heterocycles. The summed E-state index contributed by atoms with van der Waals surface area (Å²) in [6.45, 7) is 1.22. The Hall–Kier alpha value is -1.50. The first-order valence-electron chi connectivity index (χ1n) is 3.12. The Morgan fingerprint density at radius 1 is 1.25 bits per heavy atom. The monoisotopic (exact) mass is 171 g/mol. The van der Waals surface area contributed by atoms with E-state index < -0.39 is 23.0 Å². The first-order chi connectivity index (χ1) is 5.57. The Bertz CT molecular complexity index is 339. The van der Waals surface area contributed by atoms with Crippen molar-refractivity contribution >= 4 is 0 Å². The third-order valence-electron chi connectivity index (χ3n) is 1.53. The van der Waals surface area contributed by atoms with Crippen LogP contribution >= 0.6 is 0 Å². The minimum atomic E-state index is -1.34. The first-order valence-corrected chi connectivity index (χ1v) is 3.12. The molecule has 1 aromatic rings. The van der Waals surface area contributed by atoms with Crippen molar-refractivity contribution in [3.63, 3.8) is 0 Å². The van der Waals surface area contributed by atoms with E-state index in [4.69, 9.17) is 5.26 Å². The van der Waals surface area contributed by atoms with Crippen LogP contribution in [0.2, 0.25) is 0 Å². The van der Waals surface area contributed by atoms with Crippen LogP contribution in [-0.2, 0) is 0 Å². The standard InChI is InChI=1S/C8H4F3N/c1-4-5(3-12)8(11)7(10)2-6(4)9/h2H,1H3. The van der Waals surface area contributed by atoms with Gasteiger partial charge in [-0.1, -0.05) is 0 Å². The number of nitriles is 1. The Balaban J connectivity index is 3.56. The molecule has 0 N–H and O–H groups in total. The van der Waals surface area contributed by atoms with Crippen LogP contribution in [-0.4, -0.2) is 0 Å². The predicted octanol–water partition coefficient (Wildman–Crippen LogP) is 2.28. The largest absolute Gasteiger partial charge is 0.207 e. The summed E-state index contributed by atoms with van der Waals surface area (Å²) in [6, 6.07) is 1.81. The minimum Gasteiger partial charge on any atom is -0.207 e. The van der Waals surface area contributed by atoms with E-state index >= 15 is 0 Å². The van der Waals surface area contributed by atoms with Crippen LogP contribution in [0.5, 0.6) is 0 Å². The van der Waals surface area contributed by atoms with Gasteiger partial charge in [0, 0.05) is 11.6 Å². The normalized spacial score (nSPS) is 9.58. The van der Waals surface area contributed by atoms with E-state index in [1.54, 1.807) is 0 Å². The molecule has 1 nitrogen and oxygen atoms in total. The second-order valence-corrected chi connectivity index (χ2v) is 2.27. The summed E-state index contributed by atoms with van der Waals surface area (Å²) in [7, 11) is 0. The number of hydrogen-bond donors (Lipinski definition) is 0. The zero-order valence-corrected chi connectivity index (χ0v) is 6.16. The maximum absolute atomic E-state index is 12.7. The molecular weight excluding hydrogens is 167 g/mol. The Kier molecular flexibility index (Phi) is 2.05. The Morgan fingerprint density at radius 2 is 1.83 bits per heavy atom. The van der Waals surface area contributed by atoms with E-state index in [-0.39, 0.29) is 5.56 Å². The van der Waals surface area contributed by atoms with Gasteiger partial charge in [0.2, 0.25) is 0 Å². The van der Waals surface area contributed by atoms with Gasteiger partial charge in [0.05, 0.1) is 5.56 Å². The average Bonchev–Trinajstić information content (AvgIpc) is 2.02. The van der Waals surface area contributed by atoms with Crippen molar-refractivity contribution < 1.29 is 13.2 Å². The number of benzene rings is 1. The highest BCUT2D eigenvalue weighted by Crippen LogP contribution is 2.18. The number of rotatable bonds is 0. The second kappa shape index (κ2) is 2.86. The number of nitrogens with zero attached hydrogens (tertiary/aromatic N) is 1. The molecule has 4 heteroatoms. The van der Waals surface area contributed by atoms with Gasteiger partial charge in [-0.2, -0.15) is 5.26 Å². The smallest absolute Gasteiger partial charge is 0.177 e. The lowest BCUT2D eigenvalue weighted by molar-refractivity contribution is 0.489. The van der Waals surface area contributed by atoms with Gasteiger partial charge in [-0.15, -0.1) is 0 Å². The lowest BCUT2D eigenvalue weighted by Crippen LogP contribution is -1.97. The SMILES string of the molecule is Cc1c(F)cc(F)c(F)c1C#N. The van der Waals surface area contributed by atoms with Crippen molar-refractivity contribution in [3.05, 3.63) is 34.6 Å². The molecule has 0 aliphatic rings. The molecule has 0 aliphatic heterocycles. The molecule has 0 bridgehead atoms. The van der Waals surface area contributed by atoms with Gasteiger partial charge in [-0.3, -0.25) is 0 Å². The summed E-state index contributed by atoms with van der Waals surface area (Å²) < 4.78 is 37.8. The van der Waals surface area contributed by atoms with E-state index in [2.05, 4.69) is 0 Å². The van der Waals surface area contributed by atoms with E-state index in [1.165, 1.54) is 13.0 Å². The molecule has 1 aromatic carbocycles. The highest BCUT2D eigenvalue weighted by atomic mass is 19.2. The summed E-state index contributed by atoms with van der Waals surface area (Å²) in [5.74, 6) is -3.54. The Morgan fingerprint density at radius 3 is 2.33 bits per heavy atom. The first kappa shape index (κ1) is 8.60. The van der Waals surface area contributed by atoms with Crippen LogP contribution in [0.25, 0.3) is 0 Å². The lowest BCUT2D eigenvalue weighted by atomic mass is 10.1. The van der Waals surface area contributed by atoms with Crippen molar-refractivity contribution in [1.82, 2.24) is 0 Å². The van der Waals surface area contributed by atoms with Crippen molar-refractivity contribution in [2.45, 2.75) is 6.92 Å². The van der Waals surface area contributed by atoms with Crippen LogP contribution in [0.1, 0.15) is 11.1 Å². The fourth-order valence-electron chi connectivity index (χ4n) is 0.819. The van der Waals surface area contributed by atoms with Crippen LogP contribution < -0.4 is 0 Å². The molecule has 0 amide bonds. The average molecular weight is 171 g/mol. The van der Waals surface area contributed by atoms with Gasteiger partial charge in [0.25, 0.3) is 0 Å². The fourth-order valence-corrected chi connectivity index (χ4v) is 0.819. The zero-order valence-electron chi connectivity index (χ0n) is 6.16. The topological polar surface area (TPSA) is 23.8 Å². The van der Waals surface area contributed by atoms with Gasteiger partial charge >= 0.3 is 0 Å². The summed E-state index contributed by atoms with van der Waals surface area (Å²) in [5.41, 5.74) is -0.746. The van der Waals surface area contributed by atoms with Gasteiger partial charge in [0.15, 0.2) is 11.6 Å². The highest BCUT2D eigenvalue weighted by Gasteiger charge is 2.14. The molecule has 12 heavy (non-hydrogen) atoms. The van der Waals surface area contributed by atoms with Crippen molar-refractivity contribution in [1.29, 1.82) is 5.26 Å². The molecular formula is C8H4F3N. The molecule has 0 aliphatic carbocycles. The highest BCUT2D eigenvalue weighted by molar-refractivity contribution is 5.39. The molecule has 0 atom stereocenters. The van der Waals surface area contributed by atoms with Gasteiger partial charge in [-0.05, 0) is 6.92 Å². The fraction of sp³-hybridized carbons (Fsp3) is 0.125. The van der Waals surface area contributed by atoms with Gasteiger partial charge < -0.3 is 0 Å². The molecule has 1 rings (SSSR count). The van der Waals surface area contributed by atoms with Crippen LogP contribution in [0.3, 0.4) is 0 Å². The third-order valence-corrected chi connectivity index (χ3v) is 1.53. The zero-order chi connectivity index (χ0) is 9.30. The number of halogens is 3. The van der Waals surface area contributed by atoms with E-state index in [0.717, 1.165) is 0 Å². The summed E-state index contributed by atoms with van der Waals surface area (Å²) in [6.07, 6.45) is 0. The lowest BCUT2D eigenvalue weighted by Gasteiger charge is -2.00. The third kappa shape index (κ3) is 1.14. The molecule has 0 spiro atoms. The van der Waals surface area contributed by atoms with Crippen molar-refractivity contribution in [2.24, 2.45) is 0 Å². The quantitative estimate of drug-likeness (QED) is 0.549. The predicted molar refractivity (Wildman–Crippen MR) is 35.8 cm³/mol. The minimum absolute atomic E-state index is 0.170. The van der Waals surface area contributed by atoms with Gasteiger partial charge in [-0.25, -0.2) is 13.2 Å². The number of hydrogen-bond acceptors (Lipinski definition) is 1. The molecule has 0 aromatic heterocycles. The molecule has 0 unspecified atom stereocenters. The van der Waals surface area contributed by atoms with Gasteiger partial charge in [0.1, 0.15) is 11.9 Å². The second-order valence-electron chi connectivity index (χ2n) is 2.27. The molecule has 0 saturated carbocycles. The molecule has 62 valence electrons. The van der Waals surface area contributed by atoms with E-state index in [9.17, 15) is 13.2 Å². The molecule has 0 radical (unpaired) electrons. The van der Waals surface area contributed by atoms with Crippen LogP contribution in [0, 0.1) is 35.7 Å². The van der Waals surface area contributed by atoms with E-state index in [1.807, 2.05) is 0 Å². The van der Waals surface area contributed by atoms with Crippen LogP contribution in [0.4, 0.5) is 13.2 Å². The van der Waals surface area contributed by atoms with Crippen molar-refractivity contribution in [3.8, 4) is 6.07 Å².